The van der Waals surface area contributed by atoms with Crippen LogP contribution in [0.3, 0.4) is 0 Å². The van der Waals surface area contributed by atoms with Crippen LogP contribution in [0.25, 0.3) is 0 Å². The number of hydrogen-bond donors (Lipinski definition) is 1. The molecule has 0 aliphatic carbocycles. The Bertz CT molecular complexity index is 391. The Morgan fingerprint density at radius 2 is 2.29 bits per heavy atom. The van der Waals surface area contributed by atoms with Gasteiger partial charge in [-0.05, 0) is 32.9 Å². The van der Waals surface area contributed by atoms with Gasteiger partial charge in [-0.15, -0.1) is 0 Å². The van der Waals surface area contributed by atoms with Gasteiger partial charge in [0.05, 0.1) is 5.69 Å². The molecule has 0 saturated carbocycles. The summed E-state index contributed by atoms with van der Waals surface area (Å²) in [5.74, 6) is 0.108. The van der Waals surface area contributed by atoms with Crippen LogP contribution in [0, 0.1) is 6.92 Å². The van der Waals surface area contributed by atoms with Crippen molar-refractivity contribution in [2.75, 3.05) is 26.2 Å². The van der Waals surface area contributed by atoms with Crippen LogP contribution >= 0.6 is 0 Å². The Morgan fingerprint density at radius 3 is 3.06 bits per heavy atom. The number of nitrogens with one attached hydrogen (secondary N) is 1. The first-order chi connectivity index (χ1) is 8.22. The van der Waals surface area contributed by atoms with Crippen molar-refractivity contribution < 1.29 is 4.79 Å². The Morgan fingerprint density at radius 1 is 1.47 bits per heavy atom. The molecular formula is C12H20N4O. The van der Waals surface area contributed by atoms with Crippen LogP contribution in [0.5, 0.6) is 0 Å². The van der Waals surface area contributed by atoms with Crippen molar-refractivity contribution in [2.24, 2.45) is 0 Å². The van der Waals surface area contributed by atoms with E-state index in [1.54, 1.807) is 4.68 Å². The first kappa shape index (κ1) is 12.1. The van der Waals surface area contributed by atoms with E-state index >= 15 is 0 Å². The van der Waals surface area contributed by atoms with Gasteiger partial charge in [0.15, 0.2) is 0 Å². The SMILES string of the molecule is CCn1nc(C)cc1C(=O)N1CCCNCC1. The van der Waals surface area contributed by atoms with Gasteiger partial charge < -0.3 is 10.2 Å². The van der Waals surface area contributed by atoms with Gasteiger partial charge in [0.1, 0.15) is 5.69 Å². The van der Waals surface area contributed by atoms with Crippen molar-refractivity contribution in [3.63, 3.8) is 0 Å². The number of aromatic nitrogens is 2. The molecule has 1 saturated heterocycles. The van der Waals surface area contributed by atoms with Gasteiger partial charge in [0.25, 0.3) is 5.91 Å². The summed E-state index contributed by atoms with van der Waals surface area (Å²) in [4.78, 5) is 14.3. The Balaban J connectivity index is 2.17. The largest absolute Gasteiger partial charge is 0.336 e. The smallest absolute Gasteiger partial charge is 0.272 e. The molecule has 0 spiro atoms. The van der Waals surface area contributed by atoms with Crippen LogP contribution in [-0.2, 0) is 6.54 Å². The standard InChI is InChI=1S/C12H20N4O/c1-3-16-11(9-10(2)14-16)12(17)15-7-4-5-13-6-8-15/h9,13H,3-8H2,1-2H3. The molecule has 0 aromatic carbocycles. The number of hydrogen-bond acceptors (Lipinski definition) is 3. The minimum Gasteiger partial charge on any atom is -0.336 e. The lowest BCUT2D eigenvalue weighted by atomic mass is 10.3. The zero-order valence-corrected chi connectivity index (χ0v) is 10.6. The molecule has 0 radical (unpaired) electrons. The predicted octanol–water partition coefficient (Wildman–Crippen LogP) is 0.647. The van der Waals surface area contributed by atoms with Crippen molar-refractivity contribution in [2.45, 2.75) is 26.8 Å². The van der Waals surface area contributed by atoms with Crippen molar-refractivity contribution in [3.8, 4) is 0 Å². The molecule has 1 aliphatic rings. The molecule has 94 valence electrons. The number of aryl methyl sites for hydroxylation is 2. The zero-order chi connectivity index (χ0) is 12.3. The first-order valence-corrected chi connectivity index (χ1v) is 6.27. The molecule has 5 heteroatoms. The second-order valence-electron chi connectivity index (χ2n) is 4.38. The third-order valence-corrected chi connectivity index (χ3v) is 3.05. The third kappa shape index (κ3) is 2.66. The summed E-state index contributed by atoms with van der Waals surface area (Å²) < 4.78 is 1.79. The second-order valence-corrected chi connectivity index (χ2v) is 4.38. The summed E-state index contributed by atoms with van der Waals surface area (Å²) in [6.07, 6.45) is 1.02. The minimum atomic E-state index is 0.108. The number of nitrogens with zero attached hydrogens (tertiary/aromatic N) is 3. The minimum absolute atomic E-state index is 0.108. The van der Waals surface area contributed by atoms with E-state index in [9.17, 15) is 4.79 Å². The maximum Gasteiger partial charge on any atom is 0.272 e. The van der Waals surface area contributed by atoms with Crippen LogP contribution in [-0.4, -0.2) is 46.8 Å². The molecule has 2 heterocycles. The maximum atomic E-state index is 12.4. The van der Waals surface area contributed by atoms with Gasteiger partial charge in [-0.25, -0.2) is 0 Å². The van der Waals surface area contributed by atoms with Crippen LogP contribution < -0.4 is 5.32 Å². The van der Waals surface area contributed by atoms with Crippen molar-refractivity contribution >= 4 is 5.91 Å². The molecule has 2 rings (SSSR count). The van der Waals surface area contributed by atoms with Crippen LogP contribution in [0.4, 0.5) is 0 Å². The Labute approximate surface area is 102 Å². The fraction of sp³-hybridized carbons (Fsp3) is 0.667. The third-order valence-electron chi connectivity index (χ3n) is 3.05. The summed E-state index contributed by atoms with van der Waals surface area (Å²) in [6.45, 7) is 8.16. The molecule has 1 amide bonds. The molecule has 0 atom stereocenters. The van der Waals surface area contributed by atoms with Gasteiger partial charge >= 0.3 is 0 Å². The number of rotatable bonds is 2. The van der Waals surface area contributed by atoms with E-state index in [4.69, 9.17) is 0 Å². The summed E-state index contributed by atoms with van der Waals surface area (Å²) in [7, 11) is 0. The summed E-state index contributed by atoms with van der Waals surface area (Å²) in [5.41, 5.74) is 1.62. The molecule has 1 aliphatic heterocycles. The predicted molar refractivity (Wildman–Crippen MR) is 66.0 cm³/mol. The van der Waals surface area contributed by atoms with E-state index in [1.165, 1.54) is 0 Å². The molecule has 1 fully saturated rings. The zero-order valence-electron chi connectivity index (χ0n) is 10.6. The molecule has 1 N–H and O–H groups in total. The average molecular weight is 236 g/mol. The highest BCUT2D eigenvalue weighted by Crippen LogP contribution is 2.09. The molecule has 1 aromatic heterocycles. The first-order valence-electron chi connectivity index (χ1n) is 6.27. The lowest BCUT2D eigenvalue weighted by Gasteiger charge is -2.20. The fourth-order valence-electron chi connectivity index (χ4n) is 2.17. The van der Waals surface area contributed by atoms with Crippen LogP contribution in [0.15, 0.2) is 6.07 Å². The quantitative estimate of drug-likeness (QED) is 0.820. The van der Waals surface area contributed by atoms with Gasteiger partial charge in [-0.3, -0.25) is 9.48 Å². The van der Waals surface area contributed by atoms with Gasteiger partial charge in [-0.1, -0.05) is 0 Å². The fourth-order valence-corrected chi connectivity index (χ4v) is 2.17. The molecule has 5 nitrogen and oxygen atoms in total. The Kier molecular flexibility index (Phi) is 3.78. The maximum absolute atomic E-state index is 12.4. The van der Waals surface area contributed by atoms with E-state index in [0.29, 0.717) is 5.69 Å². The summed E-state index contributed by atoms with van der Waals surface area (Å²) in [6, 6.07) is 1.88. The molecular weight excluding hydrogens is 216 g/mol. The highest BCUT2D eigenvalue weighted by atomic mass is 16.2. The van der Waals surface area contributed by atoms with E-state index < -0.39 is 0 Å². The number of carbonyl (C=O) groups excluding carboxylic acids is 1. The summed E-state index contributed by atoms with van der Waals surface area (Å²) in [5, 5.41) is 7.62. The Hall–Kier alpha value is -1.36. The molecule has 1 aromatic rings. The van der Waals surface area contributed by atoms with Crippen LogP contribution in [0.2, 0.25) is 0 Å². The van der Waals surface area contributed by atoms with Crippen molar-refractivity contribution in [3.05, 3.63) is 17.5 Å². The summed E-state index contributed by atoms with van der Waals surface area (Å²) >= 11 is 0. The highest BCUT2D eigenvalue weighted by Gasteiger charge is 2.20. The molecule has 0 bridgehead atoms. The van der Waals surface area contributed by atoms with Crippen molar-refractivity contribution in [1.82, 2.24) is 20.0 Å². The van der Waals surface area contributed by atoms with E-state index in [-0.39, 0.29) is 5.91 Å². The lowest BCUT2D eigenvalue weighted by molar-refractivity contribution is 0.0754. The molecule has 17 heavy (non-hydrogen) atoms. The number of amides is 1. The molecule has 0 unspecified atom stereocenters. The normalized spacial score (nSPS) is 16.9. The monoisotopic (exact) mass is 236 g/mol. The van der Waals surface area contributed by atoms with E-state index in [0.717, 1.165) is 44.8 Å². The van der Waals surface area contributed by atoms with Gasteiger partial charge in [-0.2, -0.15) is 5.10 Å². The van der Waals surface area contributed by atoms with E-state index in [2.05, 4.69) is 10.4 Å². The van der Waals surface area contributed by atoms with Gasteiger partial charge in [0.2, 0.25) is 0 Å². The topological polar surface area (TPSA) is 50.2 Å². The highest BCUT2D eigenvalue weighted by molar-refractivity contribution is 5.92. The number of carbonyl (C=O) groups is 1. The average Bonchev–Trinajstić information content (AvgIpc) is 2.55. The van der Waals surface area contributed by atoms with Gasteiger partial charge in [0, 0.05) is 26.2 Å². The van der Waals surface area contributed by atoms with Crippen LogP contribution in [0.1, 0.15) is 29.5 Å². The lowest BCUT2D eigenvalue weighted by Crippen LogP contribution is -2.35. The van der Waals surface area contributed by atoms with E-state index in [1.807, 2.05) is 24.8 Å². The second kappa shape index (κ2) is 5.31. The van der Waals surface area contributed by atoms with Crippen molar-refractivity contribution in [1.29, 1.82) is 0 Å².